The second kappa shape index (κ2) is 8.21. The van der Waals surface area contributed by atoms with Gasteiger partial charge in [0.05, 0.1) is 6.61 Å². The largest absolute Gasteiger partial charge is 0.464 e. The molecule has 1 rings (SSSR count). The highest BCUT2D eigenvalue weighted by Crippen LogP contribution is 2.36. The van der Waals surface area contributed by atoms with E-state index >= 15 is 0 Å². The summed E-state index contributed by atoms with van der Waals surface area (Å²) in [6, 6.07) is -1.77. The Morgan fingerprint density at radius 3 is 2.43 bits per heavy atom. The number of ether oxygens (including phenoxy) is 1. The molecule has 1 fully saturated rings. The lowest BCUT2D eigenvalue weighted by Gasteiger charge is -2.29. The lowest BCUT2D eigenvalue weighted by Crippen LogP contribution is -2.51. The molecule has 0 radical (unpaired) electrons. The molecule has 1 aliphatic carbocycles. The molecule has 1 saturated carbocycles. The molecular formula is C15H24F2N2O4. The SMILES string of the molecule is CCOC(=O)[C@H](C)NC(=O)[C@@H](C)NC(=O)[C@@H]1CCCC(F)(F)C1. The van der Waals surface area contributed by atoms with Crippen molar-refractivity contribution < 1.29 is 27.9 Å². The molecular weight excluding hydrogens is 310 g/mol. The number of esters is 1. The van der Waals surface area contributed by atoms with Gasteiger partial charge < -0.3 is 15.4 Å². The summed E-state index contributed by atoms with van der Waals surface area (Å²) >= 11 is 0. The molecule has 0 aromatic heterocycles. The van der Waals surface area contributed by atoms with Crippen molar-refractivity contribution in [3.05, 3.63) is 0 Å². The number of rotatable bonds is 6. The van der Waals surface area contributed by atoms with Gasteiger partial charge in [0, 0.05) is 18.8 Å². The van der Waals surface area contributed by atoms with Gasteiger partial charge in [-0.05, 0) is 33.6 Å². The van der Waals surface area contributed by atoms with Gasteiger partial charge in [-0.15, -0.1) is 0 Å². The van der Waals surface area contributed by atoms with E-state index in [4.69, 9.17) is 4.74 Å². The maximum absolute atomic E-state index is 13.3. The van der Waals surface area contributed by atoms with E-state index in [-0.39, 0.29) is 19.4 Å². The van der Waals surface area contributed by atoms with Crippen molar-refractivity contribution in [3.8, 4) is 0 Å². The van der Waals surface area contributed by atoms with Gasteiger partial charge >= 0.3 is 5.97 Å². The highest BCUT2D eigenvalue weighted by atomic mass is 19.3. The first-order valence-corrected chi connectivity index (χ1v) is 7.81. The molecule has 0 heterocycles. The Morgan fingerprint density at radius 2 is 1.87 bits per heavy atom. The van der Waals surface area contributed by atoms with E-state index in [1.165, 1.54) is 13.8 Å². The van der Waals surface area contributed by atoms with E-state index in [1.807, 2.05) is 0 Å². The summed E-state index contributed by atoms with van der Waals surface area (Å²) in [5, 5.41) is 4.84. The lowest BCUT2D eigenvalue weighted by atomic mass is 9.86. The van der Waals surface area contributed by atoms with Crippen LogP contribution in [0.2, 0.25) is 0 Å². The quantitative estimate of drug-likeness (QED) is 0.719. The second-order valence-electron chi connectivity index (χ2n) is 5.86. The van der Waals surface area contributed by atoms with Crippen LogP contribution in [-0.4, -0.2) is 42.4 Å². The zero-order valence-electron chi connectivity index (χ0n) is 13.7. The third-order valence-corrected chi connectivity index (χ3v) is 3.76. The van der Waals surface area contributed by atoms with Crippen LogP contribution in [-0.2, 0) is 19.1 Å². The molecule has 2 amide bonds. The van der Waals surface area contributed by atoms with Crippen molar-refractivity contribution in [2.45, 2.75) is 64.5 Å². The van der Waals surface area contributed by atoms with Crippen molar-refractivity contribution in [3.63, 3.8) is 0 Å². The van der Waals surface area contributed by atoms with Gasteiger partial charge in [-0.25, -0.2) is 13.6 Å². The topological polar surface area (TPSA) is 84.5 Å². The monoisotopic (exact) mass is 334 g/mol. The van der Waals surface area contributed by atoms with Crippen LogP contribution in [0, 0.1) is 5.92 Å². The highest BCUT2D eigenvalue weighted by Gasteiger charge is 2.39. The summed E-state index contributed by atoms with van der Waals surface area (Å²) in [5.41, 5.74) is 0. The predicted molar refractivity (Wildman–Crippen MR) is 78.7 cm³/mol. The van der Waals surface area contributed by atoms with Crippen LogP contribution in [0.1, 0.15) is 46.5 Å². The predicted octanol–water partition coefficient (Wildman–Crippen LogP) is 1.38. The Kier molecular flexibility index (Phi) is 6.90. The minimum atomic E-state index is -2.83. The fraction of sp³-hybridized carbons (Fsp3) is 0.800. The molecule has 0 bridgehead atoms. The normalized spacial score (nSPS) is 22.6. The Bertz CT molecular complexity index is 457. The van der Waals surface area contributed by atoms with Gasteiger partial charge in [-0.3, -0.25) is 9.59 Å². The number of hydrogen-bond donors (Lipinski definition) is 2. The maximum atomic E-state index is 13.3. The molecule has 0 saturated heterocycles. The van der Waals surface area contributed by atoms with Crippen LogP contribution in [0.15, 0.2) is 0 Å². The molecule has 1 aliphatic rings. The molecule has 0 aromatic carbocycles. The van der Waals surface area contributed by atoms with Crippen molar-refractivity contribution in [1.82, 2.24) is 10.6 Å². The van der Waals surface area contributed by atoms with E-state index in [9.17, 15) is 23.2 Å². The lowest BCUT2D eigenvalue weighted by molar-refractivity contribution is -0.147. The molecule has 6 nitrogen and oxygen atoms in total. The summed E-state index contributed by atoms with van der Waals surface area (Å²) in [4.78, 5) is 35.4. The number of carbonyl (C=O) groups excluding carboxylic acids is 3. The number of halogens is 2. The van der Waals surface area contributed by atoms with Gasteiger partial charge in [-0.2, -0.15) is 0 Å². The molecule has 0 spiro atoms. The summed E-state index contributed by atoms with van der Waals surface area (Å²) in [6.45, 7) is 4.74. The van der Waals surface area contributed by atoms with E-state index in [1.54, 1.807) is 6.92 Å². The van der Waals surface area contributed by atoms with E-state index in [0.717, 1.165) is 0 Å². The molecule has 8 heteroatoms. The van der Waals surface area contributed by atoms with Gasteiger partial charge in [0.15, 0.2) is 0 Å². The smallest absolute Gasteiger partial charge is 0.328 e. The van der Waals surface area contributed by atoms with Crippen LogP contribution in [0.4, 0.5) is 8.78 Å². The van der Waals surface area contributed by atoms with Crippen molar-refractivity contribution in [2.75, 3.05) is 6.61 Å². The molecule has 132 valence electrons. The third kappa shape index (κ3) is 6.11. The summed E-state index contributed by atoms with van der Waals surface area (Å²) < 4.78 is 31.4. The molecule has 23 heavy (non-hydrogen) atoms. The van der Waals surface area contributed by atoms with Crippen molar-refractivity contribution in [2.24, 2.45) is 5.92 Å². The standard InChI is InChI=1S/C15H24F2N2O4/c1-4-23-14(22)10(3)19-12(20)9(2)18-13(21)11-6-5-7-15(16,17)8-11/h9-11H,4-8H2,1-3H3,(H,18,21)(H,19,20)/t9-,10+,11-/m1/s1. The Hall–Kier alpha value is -1.73. The minimum Gasteiger partial charge on any atom is -0.464 e. The Balaban J connectivity index is 2.48. The summed E-state index contributed by atoms with van der Waals surface area (Å²) in [6.07, 6.45) is -0.0309. The molecule has 0 aliphatic heterocycles. The molecule has 3 atom stereocenters. The number of carbonyl (C=O) groups is 3. The van der Waals surface area contributed by atoms with Gasteiger partial charge in [0.2, 0.25) is 17.7 Å². The number of alkyl halides is 2. The second-order valence-corrected chi connectivity index (χ2v) is 5.86. The van der Waals surface area contributed by atoms with Crippen molar-refractivity contribution in [1.29, 1.82) is 0 Å². The van der Waals surface area contributed by atoms with Gasteiger partial charge in [0.1, 0.15) is 12.1 Å². The zero-order valence-corrected chi connectivity index (χ0v) is 13.7. The average molecular weight is 334 g/mol. The number of hydrogen-bond acceptors (Lipinski definition) is 4. The fourth-order valence-electron chi connectivity index (χ4n) is 2.46. The summed E-state index contributed by atoms with van der Waals surface area (Å²) in [7, 11) is 0. The van der Waals surface area contributed by atoms with Crippen LogP contribution in [0.5, 0.6) is 0 Å². The van der Waals surface area contributed by atoms with Crippen LogP contribution in [0.3, 0.4) is 0 Å². The molecule has 0 aromatic rings. The number of nitrogens with one attached hydrogen (secondary N) is 2. The minimum absolute atomic E-state index is 0.196. The fourth-order valence-corrected chi connectivity index (χ4v) is 2.46. The third-order valence-electron chi connectivity index (χ3n) is 3.76. The summed E-state index contributed by atoms with van der Waals surface area (Å²) in [5.74, 6) is -5.33. The van der Waals surface area contributed by atoms with Crippen LogP contribution >= 0.6 is 0 Å². The Morgan fingerprint density at radius 1 is 1.22 bits per heavy atom. The number of amides is 2. The van der Waals surface area contributed by atoms with Crippen LogP contribution < -0.4 is 10.6 Å². The maximum Gasteiger partial charge on any atom is 0.328 e. The molecule has 2 N–H and O–H groups in total. The zero-order chi connectivity index (χ0) is 17.6. The van der Waals surface area contributed by atoms with E-state index < -0.39 is 48.1 Å². The highest BCUT2D eigenvalue weighted by molar-refractivity contribution is 5.90. The van der Waals surface area contributed by atoms with Gasteiger partial charge in [0.25, 0.3) is 0 Å². The first kappa shape index (κ1) is 19.3. The Labute approximate surface area is 134 Å². The first-order valence-electron chi connectivity index (χ1n) is 7.81. The first-order chi connectivity index (χ1) is 10.7. The molecule has 0 unspecified atom stereocenters. The van der Waals surface area contributed by atoms with Gasteiger partial charge in [-0.1, -0.05) is 0 Å². The average Bonchev–Trinajstić information content (AvgIpc) is 2.46. The van der Waals surface area contributed by atoms with E-state index in [2.05, 4.69) is 10.6 Å². The van der Waals surface area contributed by atoms with E-state index in [0.29, 0.717) is 6.42 Å². The van der Waals surface area contributed by atoms with Crippen LogP contribution in [0.25, 0.3) is 0 Å². The van der Waals surface area contributed by atoms with Crippen molar-refractivity contribution >= 4 is 17.8 Å².